The smallest absolute Gasteiger partial charge is 0.341 e. The molecule has 0 aliphatic carbocycles. The maximum atomic E-state index is 13.7. The molecule has 4 rings (SSSR count). The summed E-state index contributed by atoms with van der Waals surface area (Å²) < 4.78 is 5.71. The lowest BCUT2D eigenvalue weighted by atomic mass is 10.00. The van der Waals surface area contributed by atoms with E-state index in [1.54, 1.807) is 6.07 Å². The largest absolute Gasteiger partial charge is 0.479 e. The standard InChI is InChI=1S/C27H24N2O4/c1-2-21(18-11-5-3-6-12-18)29-27(32)24-20-15-9-10-16-22(20)28-25(19-13-7-4-8-14-19)26(24)33-17-23(30)31/h3-16,21H,2,17H2,1H3,(H,29,32)(H,30,31)/t21-/m1/s1. The first-order valence-corrected chi connectivity index (χ1v) is 10.8. The van der Waals surface area contributed by atoms with Gasteiger partial charge in [-0.2, -0.15) is 0 Å². The number of nitrogens with zero attached hydrogens (tertiary/aromatic N) is 1. The Morgan fingerprint density at radius 1 is 0.939 bits per heavy atom. The Kier molecular flexibility index (Phi) is 6.64. The van der Waals surface area contributed by atoms with Gasteiger partial charge in [0.05, 0.1) is 17.1 Å². The van der Waals surface area contributed by atoms with Gasteiger partial charge in [0.2, 0.25) is 0 Å². The van der Waals surface area contributed by atoms with E-state index in [0.29, 0.717) is 23.0 Å². The Labute approximate surface area is 191 Å². The summed E-state index contributed by atoms with van der Waals surface area (Å²) in [5.41, 5.74) is 3.04. The molecular weight excluding hydrogens is 416 g/mol. The van der Waals surface area contributed by atoms with Crippen molar-refractivity contribution in [1.29, 1.82) is 0 Å². The van der Waals surface area contributed by atoms with E-state index < -0.39 is 12.6 Å². The lowest BCUT2D eigenvalue weighted by Crippen LogP contribution is -2.29. The summed E-state index contributed by atoms with van der Waals surface area (Å²) in [4.78, 5) is 29.7. The van der Waals surface area contributed by atoms with Gasteiger partial charge in [-0.3, -0.25) is 4.79 Å². The summed E-state index contributed by atoms with van der Waals surface area (Å²) in [5.74, 6) is -1.33. The van der Waals surface area contributed by atoms with E-state index in [-0.39, 0.29) is 23.3 Å². The molecule has 6 heteroatoms. The number of amides is 1. The number of benzene rings is 3. The van der Waals surface area contributed by atoms with Crippen molar-refractivity contribution in [1.82, 2.24) is 10.3 Å². The molecule has 0 bridgehead atoms. The van der Waals surface area contributed by atoms with Gasteiger partial charge < -0.3 is 15.2 Å². The number of carboxylic acids is 1. The lowest BCUT2D eigenvalue weighted by Gasteiger charge is -2.21. The normalized spacial score (nSPS) is 11.7. The quantitative estimate of drug-likeness (QED) is 0.391. The van der Waals surface area contributed by atoms with Crippen LogP contribution in [0.4, 0.5) is 0 Å². The second-order valence-electron chi connectivity index (χ2n) is 7.58. The fourth-order valence-corrected chi connectivity index (χ4v) is 3.82. The van der Waals surface area contributed by atoms with Crippen LogP contribution in [0.1, 0.15) is 35.3 Å². The van der Waals surface area contributed by atoms with E-state index in [4.69, 9.17) is 9.72 Å². The molecule has 3 aromatic carbocycles. The Hall–Kier alpha value is -4.19. The average Bonchev–Trinajstić information content (AvgIpc) is 2.86. The van der Waals surface area contributed by atoms with Crippen LogP contribution in [0.3, 0.4) is 0 Å². The molecule has 0 saturated heterocycles. The highest BCUT2D eigenvalue weighted by atomic mass is 16.5. The molecule has 1 atom stereocenters. The molecule has 33 heavy (non-hydrogen) atoms. The topological polar surface area (TPSA) is 88.5 Å². The number of hydrogen-bond donors (Lipinski definition) is 2. The van der Waals surface area contributed by atoms with Gasteiger partial charge in [0.15, 0.2) is 12.4 Å². The van der Waals surface area contributed by atoms with Crippen LogP contribution in [-0.2, 0) is 4.79 Å². The molecule has 1 heterocycles. The maximum absolute atomic E-state index is 13.7. The van der Waals surface area contributed by atoms with Gasteiger partial charge in [-0.15, -0.1) is 0 Å². The third kappa shape index (κ3) is 4.85. The van der Waals surface area contributed by atoms with Crippen molar-refractivity contribution in [2.75, 3.05) is 6.61 Å². The summed E-state index contributed by atoms with van der Waals surface area (Å²) >= 11 is 0. The number of fused-ring (bicyclic) bond motifs is 1. The molecule has 1 amide bonds. The molecule has 0 fully saturated rings. The SMILES string of the molecule is CC[C@@H](NC(=O)c1c(OCC(=O)O)c(-c2ccccc2)nc2ccccc12)c1ccccc1. The van der Waals surface area contributed by atoms with Crippen LogP contribution in [0.25, 0.3) is 22.2 Å². The van der Waals surface area contributed by atoms with E-state index >= 15 is 0 Å². The zero-order chi connectivity index (χ0) is 23.2. The fourth-order valence-electron chi connectivity index (χ4n) is 3.82. The van der Waals surface area contributed by atoms with Gasteiger partial charge >= 0.3 is 5.97 Å². The van der Waals surface area contributed by atoms with Crippen molar-refractivity contribution < 1.29 is 19.4 Å². The molecule has 6 nitrogen and oxygen atoms in total. The molecular formula is C27H24N2O4. The van der Waals surface area contributed by atoms with Gasteiger partial charge in [0, 0.05) is 10.9 Å². The number of ether oxygens (including phenoxy) is 1. The second kappa shape index (κ2) is 9.96. The fraction of sp³-hybridized carbons (Fsp3) is 0.148. The highest BCUT2D eigenvalue weighted by Gasteiger charge is 2.25. The average molecular weight is 440 g/mol. The first kappa shape index (κ1) is 22.0. The number of carbonyl (C=O) groups excluding carboxylic acids is 1. The van der Waals surface area contributed by atoms with Gasteiger partial charge in [-0.05, 0) is 18.1 Å². The van der Waals surface area contributed by atoms with Crippen LogP contribution in [0, 0.1) is 0 Å². The van der Waals surface area contributed by atoms with Crippen LogP contribution in [0.15, 0.2) is 84.9 Å². The van der Waals surface area contributed by atoms with Crippen LogP contribution < -0.4 is 10.1 Å². The van der Waals surface area contributed by atoms with Crippen molar-refractivity contribution in [3.8, 4) is 17.0 Å². The Bertz CT molecular complexity index is 1270. The predicted molar refractivity (Wildman–Crippen MR) is 127 cm³/mol. The number of carbonyl (C=O) groups is 2. The zero-order valence-corrected chi connectivity index (χ0v) is 18.2. The molecule has 0 unspecified atom stereocenters. The van der Waals surface area contributed by atoms with Crippen molar-refractivity contribution in [2.45, 2.75) is 19.4 Å². The molecule has 4 aromatic rings. The first-order chi connectivity index (χ1) is 16.1. The summed E-state index contributed by atoms with van der Waals surface area (Å²) in [5, 5.41) is 13.0. The number of rotatable bonds is 8. The van der Waals surface area contributed by atoms with Crippen LogP contribution in [-0.4, -0.2) is 28.6 Å². The van der Waals surface area contributed by atoms with Crippen LogP contribution in [0.2, 0.25) is 0 Å². The van der Waals surface area contributed by atoms with Crippen molar-refractivity contribution >= 4 is 22.8 Å². The van der Waals surface area contributed by atoms with E-state index in [1.807, 2.05) is 85.8 Å². The van der Waals surface area contributed by atoms with E-state index in [2.05, 4.69) is 5.32 Å². The minimum atomic E-state index is -1.13. The molecule has 0 spiro atoms. The number of aliphatic carboxylic acids is 1. The highest BCUT2D eigenvalue weighted by molar-refractivity contribution is 6.10. The minimum absolute atomic E-state index is 0.155. The van der Waals surface area contributed by atoms with E-state index in [9.17, 15) is 14.7 Å². The Balaban J connectivity index is 1.88. The van der Waals surface area contributed by atoms with Crippen molar-refractivity contribution in [2.24, 2.45) is 0 Å². The maximum Gasteiger partial charge on any atom is 0.341 e. The molecule has 0 radical (unpaired) electrons. The number of hydrogen-bond acceptors (Lipinski definition) is 4. The van der Waals surface area contributed by atoms with Crippen molar-refractivity contribution in [3.05, 3.63) is 96.1 Å². The Morgan fingerprint density at radius 3 is 2.24 bits per heavy atom. The van der Waals surface area contributed by atoms with Gasteiger partial charge in [-0.25, -0.2) is 9.78 Å². The minimum Gasteiger partial charge on any atom is -0.479 e. The highest BCUT2D eigenvalue weighted by Crippen LogP contribution is 2.37. The summed E-state index contributed by atoms with van der Waals surface area (Å²) in [6.07, 6.45) is 0.690. The van der Waals surface area contributed by atoms with Gasteiger partial charge in [-0.1, -0.05) is 85.8 Å². The van der Waals surface area contributed by atoms with Crippen LogP contribution >= 0.6 is 0 Å². The summed E-state index contributed by atoms with van der Waals surface area (Å²) in [6.45, 7) is 1.41. The number of pyridine rings is 1. The molecule has 0 aliphatic heterocycles. The lowest BCUT2D eigenvalue weighted by molar-refractivity contribution is -0.139. The number of nitrogens with one attached hydrogen (secondary N) is 1. The zero-order valence-electron chi connectivity index (χ0n) is 18.2. The number of para-hydroxylation sites is 1. The number of aromatic nitrogens is 1. The van der Waals surface area contributed by atoms with E-state index in [1.165, 1.54) is 0 Å². The Morgan fingerprint density at radius 2 is 1.58 bits per heavy atom. The van der Waals surface area contributed by atoms with Gasteiger partial charge in [0.25, 0.3) is 5.91 Å². The van der Waals surface area contributed by atoms with E-state index in [0.717, 1.165) is 11.1 Å². The number of carboxylic acid groups (broad SMARTS) is 1. The van der Waals surface area contributed by atoms with Gasteiger partial charge in [0.1, 0.15) is 5.69 Å². The summed E-state index contributed by atoms with van der Waals surface area (Å²) in [7, 11) is 0. The molecule has 166 valence electrons. The monoisotopic (exact) mass is 440 g/mol. The predicted octanol–water partition coefficient (Wildman–Crippen LogP) is 5.25. The third-order valence-corrected chi connectivity index (χ3v) is 5.38. The molecule has 0 aliphatic rings. The van der Waals surface area contributed by atoms with Crippen LogP contribution in [0.5, 0.6) is 5.75 Å². The molecule has 0 saturated carbocycles. The first-order valence-electron chi connectivity index (χ1n) is 10.8. The second-order valence-corrected chi connectivity index (χ2v) is 7.58. The molecule has 1 aromatic heterocycles. The summed E-state index contributed by atoms with van der Waals surface area (Å²) in [6, 6.07) is 26.1. The third-order valence-electron chi connectivity index (χ3n) is 5.38. The molecule has 2 N–H and O–H groups in total. The van der Waals surface area contributed by atoms with Crippen molar-refractivity contribution in [3.63, 3.8) is 0 Å².